The third-order valence-corrected chi connectivity index (χ3v) is 4.98. The van der Waals surface area contributed by atoms with Crippen LogP contribution in [0.2, 0.25) is 0 Å². The van der Waals surface area contributed by atoms with Gasteiger partial charge in [0.2, 0.25) is 0 Å². The maximum atomic E-state index is 4.16. The van der Waals surface area contributed by atoms with E-state index in [0.717, 1.165) is 12.2 Å². The lowest BCUT2D eigenvalue weighted by Crippen LogP contribution is -1.89. The van der Waals surface area contributed by atoms with E-state index in [1.807, 2.05) is 0 Å². The number of aromatic amines is 1. The quantitative estimate of drug-likeness (QED) is 0.293. The number of rotatable bonds is 18. The molecule has 1 rings (SSSR count). The summed E-state index contributed by atoms with van der Waals surface area (Å²) in [5.74, 6) is 1.04. The van der Waals surface area contributed by atoms with Gasteiger partial charge in [0.05, 0.1) is 0 Å². The summed E-state index contributed by atoms with van der Waals surface area (Å²) in [5.41, 5.74) is 0. The lowest BCUT2D eigenvalue weighted by molar-refractivity contribution is 0.526. The highest BCUT2D eigenvalue weighted by Crippen LogP contribution is 2.14. The van der Waals surface area contributed by atoms with Crippen LogP contribution in [-0.4, -0.2) is 15.2 Å². The van der Waals surface area contributed by atoms with Crippen LogP contribution >= 0.6 is 0 Å². The predicted octanol–water partition coefficient (Wildman–Crippen LogP) is 7.00. The van der Waals surface area contributed by atoms with Crippen molar-refractivity contribution in [1.29, 1.82) is 0 Å². The van der Waals surface area contributed by atoms with Gasteiger partial charge in [0.1, 0.15) is 12.2 Å². The molecule has 0 unspecified atom stereocenters. The van der Waals surface area contributed by atoms with Gasteiger partial charge in [-0.3, -0.25) is 5.10 Å². The molecular weight excluding hydrogens is 294 g/mol. The second-order valence-electron chi connectivity index (χ2n) is 7.34. The maximum Gasteiger partial charge on any atom is 0.137 e. The Bertz CT molecular complexity index is 335. The zero-order chi connectivity index (χ0) is 17.1. The molecule has 0 bridgehead atoms. The molecule has 0 aliphatic heterocycles. The van der Waals surface area contributed by atoms with Crippen LogP contribution in [0.5, 0.6) is 0 Å². The van der Waals surface area contributed by atoms with Crippen LogP contribution in [0.25, 0.3) is 0 Å². The number of aryl methyl sites for hydroxylation is 1. The van der Waals surface area contributed by atoms with E-state index in [4.69, 9.17) is 0 Å². The van der Waals surface area contributed by atoms with Gasteiger partial charge in [-0.25, -0.2) is 4.98 Å². The second-order valence-corrected chi connectivity index (χ2v) is 7.34. The number of hydrogen-bond donors (Lipinski definition) is 1. The molecule has 0 radical (unpaired) electrons. The van der Waals surface area contributed by atoms with Gasteiger partial charge in [-0.05, 0) is 6.42 Å². The van der Waals surface area contributed by atoms with Crippen LogP contribution in [0.15, 0.2) is 6.33 Å². The fraction of sp³-hybridized carbons (Fsp3) is 0.905. The van der Waals surface area contributed by atoms with Gasteiger partial charge in [-0.1, -0.05) is 110 Å². The van der Waals surface area contributed by atoms with E-state index >= 15 is 0 Å². The first-order chi connectivity index (χ1) is 11.9. The average Bonchev–Trinajstić information content (AvgIpc) is 3.11. The average molecular weight is 336 g/mol. The predicted molar refractivity (Wildman–Crippen MR) is 104 cm³/mol. The topological polar surface area (TPSA) is 41.6 Å². The SMILES string of the molecule is CCCCCCCCCCCCCCCCCCCc1ncn[nH]1. The minimum Gasteiger partial charge on any atom is -0.263 e. The molecule has 3 heteroatoms. The van der Waals surface area contributed by atoms with Gasteiger partial charge in [0.25, 0.3) is 0 Å². The number of H-pyrrole nitrogens is 1. The van der Waals surface area contributed by atoms with Gasteiger partial charge in [0.15, 0.2) is 0 Å². The van der Waals surface area contributed by atoms with Gasteiger partial charge in [-0.2, -0.15) is 5.10 Å². The molecule has 0 fully saturated rings. The third kappa shape index (κ3) is 13.6. The van der Waals surface area contributed by atoms with Crippen molar-refractivity contribution in [2.75, 3.05) is 0 Å². The van der Waals surface area contributed by atoms with E-state index in [1.165, 1.54) is 109 Å². The molecule has 0 saturated carbocycles. The van der Waals surface area contributed by atoms with Gasteiger partial charge in [-0.15, -0.1) is 0 Å². The number of unbranched alkanes of at least 4 members (excludes halogenated alkanes) is 16. The Morgan fingerprint density at radius 2 is 1.04 bits per heavy atom. The lowest BCUT2D eigenvalue weighted by Gasteiger charge is -2.03. The minimum absolute atomic E-state index is 1.04. The molecule has 1 heterocycles. The molecule has 24 heavy (non-hydrogen) atoms. The van der Waals surface area contributed by atoms with E-state index in [0.29, 0.717) is 0 Å². The van der Waals surface area contributed by atoms with Crippen LogP contribution < -0.4 is 0 Å². The highest BCUT2D eigenvalue weighted by Gasteiger charge is 1.97. The van der Waals surface area contributed by atoms with Crippen molar-refractivity contribution in [1.82, 2.24) is 15.2 Å². The highest BCUT2D eigenvalue weighted by atomic mass is 15.2. The normalized spacial score (nSPS) is 11.2. The fourth-order valence-electron chi connectivity index (χ4n) is 3.37. The minimum atomic E-state index is 1.04. The van der Waals surface area contributed by atoms with Crippen molar-refractivity contribution < 1.29 is 0 Å². The Morgan fingerprint density at radius 1 is 0.625 bits per heavy atom. The van der Waals surface area contributed by atoms with Crippen LogP contribution in [0.4, 0.5) is 0 Å². The fourth-order valence-corrected chi connectivity index (χ4v) is 3.37. The Morgan fingerprint density at radius 3 is 1.42 bits per heavy atom. The van der Waals surface area contributed by atoms with Gasteiger partial charge < -0.3 is 0 Å². The molecule has 140 valence electrons. The molecular formula is C21H41N3. The molecule has 1 aromatic rings. The van der Waals surface area contributed by atoms with E-state index < -0.39 is 0 Å². The number of aromatic nitrogens is 3. The van der Waals surface area contributed by atoms with Crippen molar-refractivity contribution in [3.63, 3.8) is 0 Å². The molecule has 0 atom stereocenters. The molecule has 1 aromatic heterocycles. The van der Waals surface area contributed by atoms with Crippen molar-refractivity contribution in [2.24, 2.45) is 0 Å². The molecule has 3 nitrogen and oxygen atoms in total. The van der Waals surface area contributed by atoms with E-state index in [2.05, 4.69) is 22.1 Å². The van der Waals surface area contributed by atoms with Crippen LogP contribution in [-0.2, 0) is 6.42 Å². The molecule has 0 aromatic carbocycles. The largest absolute Gasteiger partial charge is 0.263 e. The molecule has 0 aliphatic carbocycles. The summed E-state index contributed by atoms with van der Waals surface area (Å²) >= 11 is 0. The van der Waals surface area contributed by atoms with Crippen molar-refractivity contribution in [3.8, 4) is 0 Å². The van der Waals surface area contributed by atoms with E-state index in [1.54, 1.807) is 6.33 Å². The first-order valence-electron chi connectivity index (χ1n) is 10.8. The monoisotopic (exact) mass is 335 g/mol. The second kappa shape index (κ2) is 17.0. The Hall–Kier alpha value is -0.860. The summed E-state index contributed by atoms with van der Waals surface area (Å²) in [6, 6.07) is 0. The molecule has 0 aliphatic rings. The summed E-state index contributed by atoms with van der Waals surface area (Å²) in [4.78, 5) is 4.16. The highest BCUT2D eigenvalue weighted by molar-refractivity contribution is 4.79. The van der Waals surface area contributed by atoms with Crippen LogP contribution in [0, 0.1) is 0 Å². The smallest absolute Gasteiger partial charge is 0.137 e. The van der Waals surface area contributed by atoms with E-state index in [-0.39, 0.29) is 0 Å². The summed E-state index contributed by atoms with van der Waals surface area (Å²) in [5, 5.41) is 6.81. The zero-order valence-electron chi connectivity index (χ0n) is 16.2. The zero-order valence-corrected chi connectivity index (χ0v) is 16.2. The van der Waals surface area contributed by atoms with Crippen molar-refractivity contribution in [3.05, 3.63) is 12.2 Å². The Kier molecular flexibility index (Phi) is 15.0. The summed E-state index contributed by atoms with van der Waals surface area (Å²) in [6.07, 6.45) is 26.9. The molecule has 0 spiro atoms. The molecule has 1 N–H and O–H groups in total. The van der Waals surface area contributed by atoms with Crippen LogP contribution in [0.3, 0.4) is 0 Å². The third-order valence-electron chi connectivity index (χ3n) is 4.98. The molecule has 0 saturated heterocycles. The number of nitrogens with zero attached hydrogens (tertiary/aromatic N) is 2. The van der Waals surface area contributed by atoms with Crippen molar-refractivity contribution in [2.45, 2.75) is 122 Å². The Labute approximate surface area is 150 Å². The van der Waals surface area contributed by atoms with Gasteiger partial charge >= 0.3 is 0 Å². The first kappa shape index (κ1) is 21.2. The summed E-state index contributed by atoms with van der Waals surface area (Å²) < 4.78 is 0. The standard InChI is InChI=1S/C21H41N3/c1-2-3-4-5-6-7-8-9-10-11-12-13-14-15-16-17-18-19-21-22-20-23-24-21/h20H,2-19H2,1H3,(H,22,23,24). The van der Waals surface area contributed by atoms with Gasteiger partial charge in [0, 0.05) is 6.42 Å². The first-order valence-corrected chi connectivity index (χ1v) is 10.8. The van der Waals surface area contributed by atoms with Crippen molar-refractivity contribution >= 4 is 0 Å². The lowest BCUT2D eigenvalue weighted by atomic mass is 10.0. The van der Waals surface area contributed by atoms with Crippen LogP contribution in [0.1, 0.15) is 122 Å². The number of nitrogens with one attached hydrogen (secondary N) is 1. The Balaban J connectivity index is 1.66. The molecule has 0 amide bonds. The summed E-state index contributed by atoms with van der Waals surface area (Å²) in [6.45, 7) is 2.29. The van der Waals surface area contributed by atoms with E-state index in [9.17, 15) is 0 Å². The maximum absolute atomic E-state index is 4.16. The summed E-state index contributed by atoms with van der Waals surface area (Å²) in [7, 11) is 0. The number of hydrogen-bond acceptors (Lipinski definition) is 2.